The fraction of sp³-hybridized carbons (Fsp3) is 0.294. The fourth-order valence-corrected chi connectivity index (χ4v) is 8.04. The standard InChI is InChI=1S/C17H19ClN2O5S3/c18-15-3-7-17(8-4-15)28(24,25)20-9-11-26(12-10-20)19-27(22,23)16-5-1-14(13-21)2-6-16/h1-8,21H,9-13H2. The SMILES string of the molecule is O=S(=O)(N=S1CCN(S(=O)(=O)c2ccc(Cl)cc2)CC1)c1ccc(CO)cc1. The van der Waals surface area contributed by atoms with Crippen molar-refractivity contribution in [2.45, 2.75) is 16.4 Å². The molecule has 2 aromatic rings. The Hall–Kier alpha value is -1.30. The van der Waals surface area contributed by atoms with Crippen LogP contribution in [0.3, 0.4) is 0 Å². The molecule has 1 aliphatic rings. The third-order valence-electron chi connectivity index (χ3n) is 4.21. The van der Waals surface area contributed by atoms with Crippen LogP contribution in [0.15, 0.2) is 62.1 Å². The van der Waals surface area contributed by atoms with E-state index >= 15 is 0 Å². The van der Waals surface area contributed by atoms with Gasteiger partial charge in [0, 0.05) is 29.6 Å². The molecule has 0 unspecified atom stereocenters. The van der Waals surface area contributed by atoms with Gasteiger partial charge in [0.2, 0.25) is 10.0 Å². The summed E-state index contributed by atoms with van der Waals surface area (Å²) in [6.07, 6.45) is 0. The molecule has 11 heteroatoms. The van der Waals surface area contributed by atoms with Crippen LogP contribution in [0.2, 0.25) is 5.02 Å². The van der Waals surface area contributed by atoms with Gasteiger partial charge >= 0.3 is 0 Å². The summed E-state index contributed by atoms with van der Waals surface area (Å²) in [7, 11) is -8.24. The van der Waals surface area contributed by atoms with Crippen LogP contribution >= 0.6 is 11.6 Å². The molecule has 0 amide bonds. The summed E-state index contributed by atoms with van der Waals surface area (Å²) < 4.78 is 55.6. The molecule has 2 aromatic carbocycles. The molecule has 0 spiro atoms. The number of hydrogen-bond acceptors (Lipinski definition) is 5. The highest BCUT2D eigenvalue weighted by molar-refractivity contribution is 8.00. The molecule has 0 aliphatic carbocycles. The third kappa shape index (κ3) is 4.81. The molecule has 1 aliphatic heterocycles. The van der Waals surface area contributed by atoms with Crippen molar-refractivity contribution in [2.24, 2.45) is 3.77 Å². The lowest BCUT2D eigenvalue weighted by Gasteiger charge is -2.27. The Morgan fingerprint density at radius 1 is 0.929 bits per heavy atom. The number of aliphatic hydroxyl groups is 1. The summed E-state index contributed by atoms with van der Waals surface area (Å²) in [6.45, 7) is 0.243. The summed E-state index contributed by atoms with van der Waals surface area (Å²) in [5, 5.41) is 9.50. The van der Waals surface area contributed by atoms with Gasteiger partial charge in [-0.15, -0.1) is 3.77 Å². The molecule has 28 heavy (non-hydrogen) atoms. The van der Waals surface area contributed by atoms with E-state index in [4.69, 9.17) is 16.7 Å². The Labute approximate surface area is 172 Å². The van der Waals surface area contributed by atoms with E-state index in [-0.39, 0.29) is 29.5 Å². The molecule has 0 atom stereocenters. The predicted octanol–water partition coefficient (Wildman–Crippen LogP) is 2.03. The molecule has 1 saturated heterocycles. The molecule has 0 radical (unpaired) electrons. The van der Waals surface area contributed by atoms with Crippen molar-refractivity contribution in [3.8, 4) is 0 Å². The maximum absolute atomic E-state index is 12.7. The molecule has 0 saturated carbocycles. The highest BCUT2D eigenvalue weighted by Gasteiger charge is 2.28. The quantitative estimate of drug-likeness (QED) is 0.732. The summed E-state index contributed by atoms with van der Waals surface area (Å²) >= 11 is 5.81. The van der Waals surface area contributed by atoms with Gasteiger partial charge in [-0.3, -0.25) is 0 Å². The fourth-order valence-electron chi connectivity index (χ4n) is 2.65. The van der Waals surface area contributed by atoms with Gasteiger partial charge in [-0.05, 0) is 42.0 Å². The number of hydrogen-bond donors (Lipinski definition) is 1. The van der Waals surface area contributed by atoms with E-state index in [1.54, 1.807) is 0 Å². The lowest BCUT2D eigenvalue weighted by atomic mass is 10.2. The predicted molar refractivity (Wildman–Crippen MR) is 109 cm³/mol. The Morgan fingerprint density at radius 3 is 2.00 bits per heavy atom. The molecule has 7 nitrogen and oxygen atoms in total. The first-order chi connectivity index (χ1) is 13.2. The number of halogens is 1. The number of benzene rings is 2. The maximum atomic E-state index is 12.7. The zero-order chi connectivity index (χ0) is 20.4. The molecule has 152 valence electrons. The second kappa shape index (κ2) is 8.60. The van der Waals surface area contributed by atoms with Crippen LogP contribution in [0.25, 0.3) is 0 Å². The zero-order valence-corrected chi connectivity index (χ0v) is 17.9. The number of sulfonamides is 2. The Bertz CT molecular complexity index is 1070. The highest BCUT2D eigenvalue weighted by atomic mass is 35.5. The second-order valence-corrected chi connectivity index (χ2v) is 12.2. The van der Waals surface area contributed by atoms with Crippen molar-refractivity contribution in [1.82, 2.24) is 4.31 Å². The van der Waals surface area contributed by atoms with Gasteiger partial charge in [0.15, 0.2) is 0 Å². The third-order valence-corrected chi connectivity index (χ3v) is 10.2. The van der Waals surface area contributed by atoms with Crippen LogP contribution in [0, 0.1) is 0 Å². The molecular weight excluding hydrogens is 444 g/mol. The number of aliphatic hydroxyl groups excluding tert-OH is 1. The average Bonchev–Trinajstić information content (AvgIpc) is 2.68. The van der Waals surface area contributed by atoms with Gasteiger partial charge in [-0.25, -0.2) is 8.42 Å². The van der Waals surface area contributed by atoms with Crippen LogP contribution in [0.5, 0.6) is 0 Å². The van der Waals surface area contributed by atoms with Gasteiger partial charge < -0.3 is 5.11 Å². The van der Waals surface area contributed by atoms with Crippen molar-refractivity contribution in [3.05, 3.63) is 59.1 Å². The summed E-state index contributed by atoms with van der Waals surface area (Å²) in [6, 6.07) is 11.8. The maximum Gasteiger partial charge on any atom is 0.287 e. The van der Waals surface area contributed by atoms with Crippen LogP contribution in [-0.2, 0) is 37.3 Å². The van der Waals surface area contributed by atoms with Crippen LogP contribution in [-0.4, -0.2) is 50.8 Å². The minimum atomic E-state index is -3.82. The molecule has 1 N–H and O–H groups in total. The first-order valence-electron chi connectivity index (χ1n) is 8.33. The lowest BCUT2D eigenvalue weighted by Crippen LogP contribution is -2.41. The Morgan fingerprint density at radius 2 is 1.46 bits per heavy atom. The highest BCUT2D eigenvalue weighted by Crippen LogP contribution is 2.21. The minimum Gasteiger partial charge on any atom is -0.392 e. The van der Waals surface area contributed by atoms with Crippen molar-refractivity contribution in [2.75, 3.05) is 24.6 Å². The van der Waals surface area contributed by atoms with Crippen LogP contribution < -0.4 is 0 Å². The first kappa shape index (κ1) is 21.4. The average molecular weight is 463 g/mol. The van der Waals surface area contributed by atoms with E-state index in [0.717, 1.165) is 0 Å². The topological polar surface area (TPSA) is 104 Å². The molecule has 0 aromatic heterocycles. The van der Waals surface area contributed by atoms with Gasteiger partial charge in [-0.1, -0.05) is 34.4 Å². The van der Waals surface area contributed by atoms with Crippen molar-refractivity contribution in [3.63, 3.8) is 0 Å². The molecule has 0 bridgehead atoms. The van der Waals surface area contributed by atoms with Gasteiger partial charge in [0.05, 0.1) is 16.4 Å². The summed E-state index contributed by atoms with van der Waals surface area (Å²) in [5.41, 5.74) is 0.613. The van der Waals surface area contributed by atoms with Crippen molar-refractivity contribution in [1.29, 1.82) is 0 Å². The number of rotatable bonds is 5. The largest absolute Gasteiger partial charge is 0.392 e. The molecule has 3 rings (SSSR count). The van der Waals surface area contributed by atoms with E-state index in [2.05, 4.69) is 3.77 Å². The second-order valence-electron chi connectivity index (χ2n) is 6.08. The molecule has 1 heterocycles. The summed E-state index contributed by atoms with van der Waals surface area (Å²) in [5.74, 6) is 0.696. The number of nitrogens with zero attached hydrogens (tertiary/aromatic N) is 2. The Kier molecular flexibility index (Phi) is 6.58. The summed E-state index contributed by atoms with van der Waals surface area (Å²) in [4.78, 5) is 0.223. The normalized spacial score (nSPS) is 16.8. The van der Waals surface area contributed by atoms with E-state index < -0.39 is 30.7 Å². The smallest absolute Gasteiger partial charge is 0.287 e. The molecular formula is C17H19ClN2O5S3. The Balaban J connectivity index is 1.72. The van der Waals surface area contributed by atoms with Gasteiger partial charge in [0.1, 0.15) is 0 Å². The van der Waals surface area contributed by atoms with Crippen LogP contribution in [0.4, 0.5) is 0 Å². The minimum absolute atomic E-state index is 0.0633. The van der Waals surface area contributed by atoms with Crippen molar-refractivity contribution < 1.29 is 21.9 Å². The van der Waals surface area contributed by atoms with E-state index in [0.29, 0.717) is 22.1 Å². The monoisotopic (exact) mass is 462 g/mol. The zero-order valence-electron chi connectivity index (χ0n) is 14.7. The van der Waals surface area contributed by atoms with Gasteiger partial charge in [-0.2, -0.15) is 12.7 Å². The van der Waals surface area contributed by atoms with Gasteiger partial charge in [0.25, 0.3) is 10.0 Å². The van der Waals surface area contributed by atoms with E-state index in [1.807, 2.05) is 0 Å². The van der Waals surface area contributed by atoms with Crippen molar-refractivity contribution >= 4 is 42.3 Å². The lowest BCUT2D eigenvalue weighted by molar-refractivity contribution is 0.282. The first-order valence-corrected chi connectivity index (χ1v) is 13.1. The molecule has 1 fully saturated rings. The van der Waals surface area contributed by atoms with E-state index in [9.17, 15) is 16.8 Å². The van der Waals surface area contributed by atoms with E-state index in [1.165, 1.54) is 52.8 Å². The van der Waals surface area contributed by atoms with Crippen LogP contribution in [0.1, 0.15) is 5.56 Å².